The number of carbonyl (C=O) groups is 1. The third-order valence-corrected chi connectivity index (χ3v) is 3.70. The van der Waals surface area contributed by atoms with Crippen molar-refractivity contribution >= 4 is 5.91 Å². The molecule has 2 atom stereocenters. The molecule has 17 heavy (non-hydrogen) atoms. The zero-order valence-corrected chi connectivity index (χ0v) is 10.4. The van der Waals surface area contributed by atoms with Crippen molar-refractivity contribution in [2.24, 2.45) is 11.7 Å². The first-order valence-electron chi connectivity index (χ1n) is 6.59. The lowest BCUT2D eigenvalue weighted by Gasteiger charge is -2.16. The Kier molecular flexibility index (Phi) is 4.18. The lowest BCUT2D eigenvalue weighted by molar-refractivity contribution is -0.122. The summed E-state index contributed by atoms with van der Waals surface area (Å²) in [4.78, 5) is 14.2. The van der Waals surface area contributed by atoms with Crippen LogP contribution in [0.1, 0.15) is 25.7 Å². The molecule has 0 bridgehead atoms. The molecule has 2 aliphatic rings. The smallest absolute Gasteiger partial charge is 0.237 e. The van der Waals surface area contributed by atoms with E-state index in [9.17, 15) is 4.79 Å². The summed E-state index contributed by atoms with van der Waals surface area (Å²) in [5.74, 6) is 0.560. The number of likely N-dealkylation sites (tertiary alicyclic amines) is 1. The number of nitrogens with two attached hydrogens (primary N) is 1. The zero-order valence-electron chi connectivity index (χ0n) is 10.4. The summed E-state index contributed by atoms with van der Waals surface area (Å²) < 4.78 is 0. The maximum Gasteiger partial charge on any atom is 0.237 e. The van der Waals surface area contributed by atoms with Crippen LogP contribution in [-0.4, -0.2) is 42.5 Å². The van der Waals surface area contributed by atoms with Gasteiger partial charge in [-0.15, -0.1) is 6.58 Å². The maximum absolute atomic E-state index is 11.6. The van der Waals surface area contributed by atoms with E-state index in [0.29, 0.717) is 12.3 Å². The number of hydrogen-bond acceptors (Lipinski definition) is 3. The van der Waals surface area contributed by atoms with Crippen LogP contribution < -0.4 is 11.1 Å². The fourth-order valence-electron chi connectivity index (χ4n) is 2.46. The Balaban J connectivity index is 1.64. The third-order valence-electron chi connectivity index (χ3n) is 3.70. The van der Waals surface area contributed by atoms with Crippen molar-refractivity contribution < 1.29 is 4.79 Å². The summed E-state index contributed by atoms with van der Waals surface area (Å²) in [6.45, 7) is 6.70. The van der Waals surface area contributed by atoms with E-state index < -0.39 is 6.04 Å². The fourth-order valence-corrected chi connectivity index (χ4v) is 2.46. The normalized spacial score (nSPS) is 26.8. The van der Waals surface area contributed by atoms with Gasteiger partial charge in [0.05, 0.1) is 6.04 Å². The highest BCUT2D eigenvalue weighted by molar-refractivity contribution is 5.81. The number of nitrogens with zero attached hydrogens (tertiary/aromatic N) is 1. The average molecular weight is 237 g/mol. The third kappa shape index (κ3) is 3.54. The highest BCUT2D eigenvalue weighted by atomic mass is 16.2. The molecule has 0 aromatic carbocycles. The van der Waals surface area contributed by atoms with Crippen molar-refractivity contribution in [3.63, 3.8) is 0 Å². The molecule has 1 amide bonds. The Hall–Kier alpha value is -0.870. The summed E-state index contributed by atoms with van der Waals surface area (Å²) in [5, 5.41) is 2.95. The van der Waals surface area contributed by atoms with E-state index in [-0.39, 0.29) is 5.91 Å². The van der Waals surface area contributed by atoms with E-state index >= 15 is 0 Å². The van der Waals surface area contributed by atoms with Crippen LogP contribution in [0.15, 0.2) is 12.7 Å². The van der Waals surface area contributed by atoms with Gasteiger partial charge in [-0.3, -0.25) is 4.79 Å². The van der Waals surface area contributed by atoms with Gasteiger partial charge in [-0.05, 0) is 38.1 Å². The predicted molar refractivity (Wildman–Crippen MR) is 68.5 cm³/mol. The van der Waals surface area contributed by atoms with Crippen LogP contribution in [-0.2, 0) is 4.79 Å². The molecule has 2 unspecified atom stereocenters. The van der Waals surface area contributed by atoms with Gasteiger partial charge >= 0.3 is 0 Å². The molecule has 0 aromatic heterocycles. The van der Waals surface area contributed by atoms with E-state index in [0.717, 1.165) is 19.1 Å². The standard InChI is InChI=1S/C13H23N3O/c1-2-3-12(14)13(17)15-8-10-6-7-16(9-10)11-4-5-11/h2,10-12H,1,3-9,14H2,(H,15,17). The summed E-state index contributed by atoms with van der Waals surface area (Å²) in [7, 11) is 0. The minimum atomic E-state index is -0.437. The molecule has 4 heteroatoms. The van der Waals surface area contributed by atoms with Gasteiger partial charge in [0.1, 0.15) is 0 Å². The van der Waals surface area contributed by atoms with Crippen molar-refractivity contribution in [2.45, 2.75) is 37.8 Å². The van der Waals surface area contributed by atoms with Crippen LogP contribution in [0.2, 0.25) is 0 Å². The van der Waals surface area contributed by atoms with Crippen LogP contribution in [0.5, 0.6) is 0 Å². The number of rotatable bonds is 6. The summed E-state index contributed by atoms with van der Waals surface area (Å²) in [6, 6.07) is 0.409. The molecule has 0 aromatic rings. The van der Waals surface area contributed by atoms with E-state index in [1.54, 1.807) is 6.08 Å². The summed E-state index contributed by atoms with van der Waals surface area (Å²) >= 11 is 0. The molecule has 1 saturated heterocycles. The summed E-state index contributed by atoms with van der Waals surface area (Å²) in [6.07, 6.45) is 6.17. The first kappa shape index (κ1) is 12.6. The number of hydrogen-bond donors (Lipinski definition) is 2. The van der Waals surface area contributed by atoms with Gasteiger partial charge in [-0.2, -0.15) is 0 Å². The highest BCUT2D eigenvalue weighted by Gasteiger charge is 2.34. The first-order chi connectivity index (χ1) is 8.20. The molecule has 1 saturated carbocycles. The lowest BCUT2D eigenvalue weighted by atomic mass is 10.1. The van der Waals surface area contributed by atoms with Gasteiger partial charge in [0, 0.05) is 19.1 Å². The van der Waals surface area contributed by atoms with Crippen LogP contribution >= 0.6 is 0 Å². The van der Waals surface area contributed by atoms with Crippen molar-refractivity contribution in [2.75, 3.05) is 19.6 Å². The molecule has 96 valence electrons. The van der Waals surface area contributed by atoms with E-state index in [1.807, 2.05) is 0 Å². The molecule has 4 nitrogen and oxygen atoms in total. The minimum absolute atomic E-state index is 0.0465. The van der Waals surface area contributed by atoms with Gasteiger partial charge in [0.15, 0.2) is 0 Å². The molecular formula is C13H23N3O. The van der Waals surface area contributed by atoms with E-state index in [2.05, 4.69) is 16.8 Å². The van der Waals surface area contributed by atoms with Gasteiger partial charge in [-0.1, -0.05) is 6.08 Å². The van der Waals surface area contributed by atoms with Gasteiger partial charge < -0.3 is 16.0 Å². The largest absolute Gasteiger partial charge is 0.354 e. The molecule has 1 aliphatic carbocycles. The Bertz CT molecular complexity index is 288. The second-order valence-electron chi connectivity index (χ2n) is 5.26. The van der Waals surface area contributed by atoms with Crippen molar-refractivity contribution in [3.8, 4) is 0 Å². The molecule has 1 heterocycles. The lowest BCUT2D eigenvalue weighted by Crippen LogP contribution is -2.42. The SMILES string of the molecule is C=CCC(N)C(=O)NCC1CCN(C2CC2)C1. The second kappa shape index (κ2) is 5.65. The van der Waals surface area contributed by atoms with E-state index in [4.69, 9.17) is 5.73 Å². The maximum atomic E-state index is 11.6. The van der Waals surface area contributed by atoms with Crippen molar-refractivity contribution in [1.82, 2.24) is 10.2 Å². The molecule has 0 radical (unpaired) electrons. The van der Waals surface area contributed by atoms with Gasteiger partial charge in [0.2, 0.25) is 5.91 Å². The second-order valence-corrected chi connectivity index (χ2v) is 5.26. The molecule has 3 N–H and O–H groups in total. The van der Waals surface area contributed by atoms with Crippen molar-refractivity contribution in [1.29, 1.82) is 0 Å². The Morgan fingerprint density at radius 2 is 2.29 bits per heavy atom. The van der Waals surface area contributed by atoms with Crippen LogP contribution in [0.3, 0.4) is 0 Å². The first-order valence-corrected chi connectivity index (χ1v) is 6.59. The fraction of sp³-hybridized carbons (Fsp3) is 0.769. The minimum Gasteiger partial charge on any atom is -0.354 e. The Morgan fingerprint density at radius 3 is 2.94 bits per heavy atom. The van der Waals surface area contributed by atoms with Crippen LogP contribution in [0.25, 0.3) is 0 Å². The number of nitrogens with one attached hydrogen (secondary N) is 1. The number of amides is 1. The van der Waals surface area contributed by atoms with Crippen LogP contribution in [0, 0.1) is 5.92 Å². The Labute approximate surface area is 103 Å². The van der Waals surface area contributed by atoms with Crippen molar-refractivity contribution in [3.05, 3.63) is 12.7 Å². The zero-order chi connectivity index (χ0) is 12.3. The molecule has 1 aliphatic heterocycles. The quantitative estimate of drug-likeness (QED) is 0.661. The average Bonchev–Trinajstić information content (AvgIpc) is 3.06. The van der Waals surface area contributed by atoms with Gasteiger partial charge in [-0.25, -0.2) is 0 Å². The molecule has 0 spiro atoms. The topological polar surface area (TPSA) is 58.4 Å². The monoisotopic (exact) mass is 237 g/mol. The van der Waals surface area contributed by atoms with Crippen LogP contribution in [0.4, 0.5) is 0 Å². The number of carbonyl (C=O) groups excluding carboxylic acids is 1. The molecule has 2 rings (SSSR count). The molecular weight excluding hydrogens is 214 g/mol. The van der Waals surface area contributed by atoms with Gasteiger partial charge in [0.25, 0.3) is 0 Å². The molecule has 2 fully saturated rings. The summed E-state index contributed by atoms with van der Waals surface area (Å²) in [5.41, 5.74) is 5.70. The van der Waals surface area contributed by atoms with E-state index in [1.165, 1.54) is 25.8 Å². The predicted octanol–water partition coefficient (Wildman–Crippen LogP) is 0.490. The Morgan fingerprint density at radius 1 is 1.53 bits per heavy atom. The highest BCUT2D eigenvalue weighted by Crippen LogP contribution is 2.31.